The molecule has 0 radical (unpaired) electrons. The minimum atomic E-state index is -4.65. The molecule has 25 heavy (non-hydrogen) atoms. The number of benzene rings is 1. The van der Waals surface area contributed by atoms with E-state index in [-0.39, 0.29) is 13.0 Å². The molecule has 1 amide bonds. The summed E-state index contributed by atoms with van der Waals surface area (Å²) in [4.78, 5) is 24.1. The molecule has 1 N–H and O–H groups in total. The van der Waals surface area contributed by atoms with Crippen molar-refractivity contribution in [2.75, 3.05) is 19.7 Å². The Morgan fingerprint density at radius 3 is 2.52 bits per heavy atom. The Morgan fingerprint density at radius 2 is 1.96 bits per heavy atom. The van der Waals surface area contributed by atoms with Crippen LogP contribution in [0.15, 0.2) is 18.2 Å². The number of hydrogen-bond donors (Lipinski definition) is 1. The molecule has 1 heterocycles. The number of hydrogen-bond acceptors (Lipinski definition) is 3. The van der Waals surface area contributed by atoms with Crippen molar-refractivity contribution in [1.82, 2.24) is 4.90 Å². The molecule has 1 aliphatic heterocycles. The smallest absolute Gasteiger partial charge is 0.394 e. The number of carbonyl (C=O) groups is 2. The van der Waals surface area contributed by atoms with Crippen molar-refractivity contribution < 1.29 is 32.6 Å². The number of amides is 1. The zero-order valence-corrected chi connectivity index (χ0v) is 14.0. The van der Waals surface area contributed by atoms with Gasteiger partial charge in [-0.25, -0.2) is 0 Å². The Morgan fingerprint density at radius 1 is 1.28 bits per heavy atom. The highest BCUT2D eigenvalue weighted by molar-refractivity contribution is 5.79. The molecular weight excluding hydrogens is 339 g/mol. The molecule has 2 atom stereocenters. The molecule has 2 rings (SSSR count). The maximum Gasteiger partial charge on any atom is 0.394 e. The molecule has 138 valence electrons. The van der Waals surface area contributed by atoms with E-state index in [1.54, 1.807) is 0 Å². The van der Waals surface area contributed by atoms with Crippen molar-refractivity contribution in [3.8, 4) is 5.75 Å². The van der Waals surface area contributed by atoms with Crippen molar-refractivity contribution in [3.05, 3.63) is 29.3 Å². The van der Waals surface area contributed by atoms with Crippen molar-refractivity contribution in [2.24, 2.45) is 11.8 Å². The second kappa shape index (κ2) is 7.33. The van der Waals surface area contributed by atoms with E-state index in [1.807, 2.05) is 32.0 Å². The summed E-state index contributed by atoms with van der Waals surface area (Å²) in [5, 5.41) is 8.97. The van der Waals surface area contributed by atoms with Gasteiger partial charge in [0.1, 0.15) is 5.75 Å². The second-order valence-corrected chi connectivity index (χ2v) is 6.26. The number of carboxylic acids is 1. The van der Waals surface area contributed by atoms with Gasteiger partial charge >= 0.3 is 12.1 Å². The van der Waals surface area contributed by atoms with E-state index in [9.17, 15) is 22.8 Å². The number of likely N-dealkylation sites (tertiary alicyclic amines) is 1. The van der Waals surface area contributed by atoms with Gasteiger partial charge in [0.2, 0.25) is 5.91 Å². The van der Waals surface area contributed by atoms with Gasteiger partial charge in [0.15, 0.2) is 0 Å². The van der Waals surface area contributed by atoms with E-state index >= 15 is 0 Å². The van der Waals surface area contributed by atoms with Gasteiger partial charge < -0.3 is 14.7 Å². The highest BCUT2D eigenvalue weighted by Crippen LogP contribution is 2.37. The minimum Gasteiger partial charge on any atom is -0.493 e. The average Bonchev–Trinajstić information content (AvgIpc) is 2.96. The van der Waals surface area contributed by atoms with E-state index < -0.39 is 43.0 Å². The number of rotatable bonds is 5. The van der Waals surface area contributed by atoms with Gasteiger partial charge in [0.05, 0.1) is 24.9 Å². The molecule has 1 fully saturated rings. The van der Waals surface area contributed by atoms with Crippen LogP contribution in [0.3, 0.4) is 0 Å². The van der Waals surface area contributed by atoms with E-state index in [4.69, 9.17) is 9.84 Å². The third kappa shape index (κ3) is 4.64. The normalized spacial score (nSPS) is 20.6. The fourth-order valence-electron chi connectivity index (χ4n) is 2.86. The standard InChI is InChI=1S/C17H20F3NO4/c1-10-3-4-11(2)14(7-10)25-6-5-15(22)21-8-12(16(23)24)13(9-21)17(18,19)20/h3-4,7,12-13H,5-6,8-9H2,1-2H3,(H,23,24)/t12-,13-/m1/s1. The highest BCUT2D eigenvalue weighted by Gasteiger charge is 2.53. The van der Waals surface area contributed by atoms with Crippen molar-refractivity contribution >= 4 is 11.9 Å². The predicted octanol–water partition coefficient (Wildman–Crippen LogP) is 2.79. The Bertz CT molecular complexity index is 660. The van der Waals surface area contributed by atoms with Crippen LogP contribution < -0.4 is 4.74 Å². The van der Waals surface area contributed by atoms with Gasteiger partial charge in [-0.05, 0) is 31.0 Å². The third-order valence-corrected chi connectivity index (χ3v) is 4.33. The van der Waals surface area contributed by atoms with Crippen molar-refractivity contribution in [1.29, 1.82) is 0 Å². The molecule has 1 saturated heterocycles. The first-order chi connectivity index (χ1) is 11.6. The van der Waals surface area contributed by atoms with Crippen LogP contribution in [0.4, 0.5) is 13.2 Å². The van der Waals surface area contributed by atoms with Crippen LogP contribution in [0, 0.1) is 25.7 Å². The monoisotopic (exact) mass is 359 g/mol. The zero-order chi connectivity index (χ0) is 18.8. The molecule has 1 aromatic rings. The molecule has 1 aromatic carbocycles. The fraction of sp³-hybridized carbons (Fsp3) is 0.529. The second-order valence-electron chi connectivity index (χ2n) is 6.26. The maximum absolute atomic E-state index is 12.9. The summed E-state index contributed by atoms with van der Waals surface area (Å²) in [6, 6.07) is 5.61. The quantitative estimate of drug-likeness (QED) is 0.878. The number of ether oxygens (including phenoxy) is 1. The Balaban J connectivity index is 1.93. The molecular formula is C17H20F3NO4. The van der Waals surface area contributed by atoms with Crippen LogP contribution >= 0.6 is 0 Å². The topological polar surface area (TPSA) is 66.8 Å². The number of carbonyl (C=O) groups excluding carboxylic acids is 1. The molecule has 0 bridgehead atoms. The summed E-state index contributed by atoms with van der Waals surface area (Å²) < 4.78 is 44.3. The van der Waals surface area contributed by atoms with Crippen LogP contribution in [-0.4, -0.2) is 47.8 Å². The number of carboxylic acid groups (broad SMARTS) is 1. The van der Waals surface area contributed by atoms with Crippen LogP contribution in [0.5, 0.6) is 5.75 Å². The highest BCUT2D eigenvalue weighted by atomic mass is 19.4. The Hall–Kier alpha value is -2.25. The molecule has 0 aliphatic carbocycles. The van der Waals surface area contributed by atoms with E-state index in [0.717, 1.165) is 16.0 Å². The number of aryl methyl sites for hydroxylation is 2. The Labute approximate surface area is 143 Å². The SMILES string of the molecule is Cc1ccc(C)c(OCCC(=O)N2C[C@@H](C(F)(F)F)[C@H](C(=O)O)C2)c1. The summed E-state index contributed by atoms with van der Waals surface area (Å²) in [5.74, 6) is -5.11. The van der Waals surface area contributed by atoms with Crippen LogP contribution in [0.2, 0.25) is 0 Å². The summed E-state index contributed by atoms with van der Waals surface area (Å²) in [7, 11) is 0. The van der Waals surface area contributed by atoms with E-state index in [1.165, 1.54) is 0 Å². The predicted molar refractivity (Wildman–Crippen MR) is 83.3 cm³/mol. The zero-order valence-electron chi connectivity index (χ0n) is 14.0. The number of alkyl halides is 3. The van der Waals surface area contributed by atoms with Crippen LogP contribution in [0.25, 0.3) is 0 Å². The summed E-state index contributed by atoms with van der Waals surface area (Å²) in [6.07, 6.45) is -4.75. The fourth-order valence-corrected chi connectivity index (χ4v) is 2.86. The van der Waals surface area contributed by atoms with Gasteiger partial charge in [0, 0.05) is 13.1 Å². The van der Waals surface area contributed by atoms with Crippen molar-refractivity contribution in [3.63, 3.8) is 0 Å². The molecule has 0 aromatic heterocycles. The first-order valence-electron chi connectivity index (χ1n) is 7.87. The minimum absolute atomic E-state index is 0.0219. The lowest BCUT2D eigenvalue weighted by molar-refractivity contribution is -0.188. The van der Waals surface area contributed by atoms with Crippen molar-refractivity contribution in [2.45, 2.75) is 26.4 Å². The Kier molecular flexibility index (Phi) is 5.59. The maximum atomic E-state index is 12.9. The average molecular weight is 359 g/mol. The molecule has 8 heteroatoms. The largest absolute Gasteiger partial charge is 0.493 e. The lowest BCUT2D eigenvalue weighted by Gasteiger charge is -2.18. The van der Waals surface area contributed by atoms with E-state index in [0.29, 0.717) is 5.75 Å². The number of halogens is 3. The van der Waals surface area contributed by atoms with Crippen LogP contribution in [0.1, 0.15) is 17.5 Å². The summed E-state index contributed by atoms with van der Waals surface area (Å²) in [5.41, 5.74) is 1.88. The molecule has 0 spiro atoms. The van der Waals surface area contributed by atoms with Crippen LogP contribution in [-0.2, 0) is 9.59 Å². The van der Waals surface area contributed by atoms with Gasteiger partial charge in [0.25, 0.3) is 0 Å². The summed E-state index contributed by atoms with van der Waals surface area (Å²) >= 11 is 0. The van der Waals surface area contributed by atoms with E-state index in [2.05, 4.69) is 0 Å². The lowest BCUT2D eigenvalue weighted by atomic mass is 9.96. The first-order valence-corrected chi connectivity index (χ1v) is 7.87. The third-order valence-electron chi connectivity index (χ3n) is 4.33. The van der Waals surface area contributed by atoms with Gasteiger partial charge in [-0.2, -0.15) is 13.2 Å². The van der Waals surface area contributed by atoms with Gasteiger partial charge in [-0.3, -0.25) is 9.59 Å². The molecule has 0 saturated carbocycles. The first kappa shape index (κ1) is 19.1. The summed E-state index contributed by atoms with van der Waals surface area (Å²) in [6.45, 7) is 2.71. The number of aliphatic carboxylic acids is 1. The van der Waals surface area contributed by atoms with Gasteiger partial charge in [-0.1, -0.05) is 12.1 Å². The molecule has 5 nitrogen and oxygen atoms in total. The van der Waals surface area contributed by atoms with Gasteiger partial charge in [-0.15, -0.1) is 0 Å². The number of nitrogens with zero attached hydrogens (tertiary/aromatic N) is 1. The molecule has 0 unspecified atom stereocenters. The lowest BCUT2D eigenvalue weighted by Crippen LogP contribution is -2.34. The molecule has 1 aliphatic rings.